The second kappa shape index (κ2) is 4.76. The topological polar surface area (TPSA) is 33.4 Å². The highest BCUT2D eigenvalue weighted by Gasteiger charge is 2.27. The number of aliphatic hydroxyl groups is 1. The third-order valence-corrected chi connectivity index (χ3v) is 3.21. The fourth-order valence-corrected chi connectivity index (χ4v) is 2.07. The van der Waals surface area contributed by atoms with E-state index in [0.717, 1.165) is 11.3 Å². The van der Waals surface area contributed by atoms with Crippen LogP contribution in [0.25, 0.3) is 0 Å². The van der Waals surface area contributed by atoms with Crippen molar-refractivity contribution in [2.75, 3.05) is 6.61 Å². The molecular weight excluding hydrogens is 212 g/mol. The molecule has 1 unspecified atom stereocenters. The van der Waals surface area contributed by atoms with Gasteiger partial charge in [-0.3, -0.25) is 0 Å². The van der Waals surface area contributed by atoms with E-state index in [1.807, 2.05) is 18.2 Å². The molecule has 17 heavy (non-hydrogen) atoms. The first-order valence-corrected chi connectivity index (χ1v) is 5.84. The van der Waals surface area contributed by atoms with E-state index in [1.165, 1.54) is 5.56 Å². The molecule has 90 valence electrons. The van der Waals surface area contributed by atoms with Crippen LogP contribution in [0.1, 0.15) is 23.8 Å². The molecule has 0 aliphatic rings. The van der Waals surface area contributed by atoms with Crippen molar-refractivity contribution in [2.24, 2.45) is 0 Å². The normalized spacial score (nSPS) is 14.5. The second-order valence-corrected chi connectivity index (χ2v) is 4.84. The fourth-order valence-electron chi connectivity index (χ4n) is 2.07. The lowest BCUT2D eigenvalue weighted by Gasteiger charge is -2.27. The monoisotopic (exact) mass is 230 g/mol. The Hall–Kier alpha value is -1.54. The smallest absolute Gasteiger partial charge is 0.104 e. The summed E-state index contributed by atoms with van der Waals surface area (Å²) in [7, 11) is 0. The SMILES string of the molecule is Cc1cccc(C(C)(CO)Cc2ccco2)c1. The van der Waals surface area contributed by atoms with E-state index in [0.29, 0.717) is 6.42 Å². The molecule has 0 spiro atoms. The zero-order chi connectivity index (χ0) is 12.3. The first-order chi connectivity index (χ1) is 8.14. The van der Waals surface area contributed by atoms with Gasteiger partial charge >= 0.3 is 0 Å². The minimum atomic E-state index is -0.288. The first kappa shape index (κ1) is 11.9. The molecule has 0 radical (unpaired) electrons. The highest BCUT2D eigenvalue weighted by atomic mass is 16.3. The van der Waals surface area contributed by atoms with Crippen LogP contribution in [0.4, 0.5) is 0 Å². The summed E-state index contributed by atoms with van der Waals surface area (Å²) in [5, 5.41) is 9.69. The summed E-state index contributed by atoms with van der Waals surface area (Å²) in [6.07, 6.45) is 2.38. The molecule has 1 N–H and O–H groups in total. The summed E-state index contributed by atoms with van der Waals surface area (Å²) in [4.78, 5) is 0. The molecule has 1 aromatic carbocycles. The predicted octanol–water partition coefficient (Wildman–Crippen LogP) is 3.08. The Kier molecular flexibility index (Phi) is 3.34. The van der Waals surface area contributed by atoms with Gasteiger partial charge in [-0.1, -0.05) is 36.8 Å². The lowest BCUT2D eigenvalue weighted by atomic mass is 9.79. The van der Waals surface area contributed by atoms with Crippen molar-refractivity contribution in [1.82, 2.24) is 0 Å². The van der Waals surface area contributed by atoms with E-state index >= 15 is 0 Å². The third kappa shape index (κ3) is 2.59. The second-order valence-electron chi connectivity index (χ2n) is 4.84. The Morgan fingerprint density at radius 1 is 1.24 bits per heavy atom. The quantitative estimate of drug-likeness (QED) is 0.875. The highest BCUT2D eigenvalue weighted by Crippen LogP contribution is 2.28. The highest BCUT2D eigenvalue weighted by molar-refractivity contribution is 5.30. The van der Waals surface area contributed by atoms with Gasteiger partial charge in [0.15, 0.2) is 0 Å². The minimum absolute atomic E-state index is 0.108. The Morgan fingerprint density at radius 3 is 2.65 bits per heavy atom. The van der Waals surface area contributed by atoms with E-state index in [4.69, 9.17) is 4.42 Å². The maximum atomic E-state index is 9.69. The van der Waals surface area contributed by atoms with Crippen LogP contribution >= 0.6 is 0 Å². The lowest BCUT2D eigenvalue weighted by molar-refractivity contribution is 0.198. The van der Waals surface area contributed by atoms with Crippen molar-refractivity contribution in [3.8, 4) is 0 Å². The van der Waals surface area contributed by atoms with Crippen LogP contribution in [0.2, 0.25) is 0 Å². The third-order valence-electron chi connectivity index (χ3n) is 3.21. The number of rotatable bonds is 4. The van der Waals surface area contributed by atoms with E-state index in [9.17, 15) is 5.11 Å². The maximum Gasteiger partial charge on any atom is 0.104 e. The van der Waals surface area contributed by atoms with Gasteiger partial charge < -0.3 is 9.52 Å². The van der Waals surface area contributed by atoms with E-state index in [-0.39, 0.29) is 12.0 Å². The number of hydrogen-bond acceptors (Lipinski definition) is 2. The first-order valence-electron chi connectivity index (χ1n) is 5.84. The van der Waals surface area contributed by atoms with Crippen molar-refractivity contribution in [2.45, 2.75) is 25.7 Å². The lowest BCUT2D eigenvalue weighted by Crippen LogP contribution is -2.29. The van der Waals surface area contributed by atoms with Crippen LogP contribution in [-0.4, -0.2) is 11.7 Å². The Labute approximate surface area is 102 Å². The number of aryl methyl sites for hydroxylation is 1. The summed E-state index contributed by atoms with van der Waals surface area (Å²) >= 11 is 0. The Balaban J connectivity index is 2.30. The van der Waals surface area contributed by atoms with Gasteiger partial charge in [0.05, 0.1) is 12.9 Å². The predicted molar refractivity (Wildman–Crippen MR) is 68.0 cm³/mol. The molecule has 2 rings (SSSR count). The van der Waals surface area contributed by atoms with Crippen molar-refractivity contribution < 1.29 is 9.52 Å². The summed E-state index contributed by atoms with van der Waals surface area (Å²) < 4.78 is 5.37. The standard InChI is InChI=1S/C15H18O2/c1-12-5-3-6-13(9-12)15(2,11-16)10-14-7-4-8-17-14/h3-9,16H,10-11H2,1-2H3. The average Bonchev–Trinajstić information content (AvgIpc) is 2.81. The molecular formula is C15H18O2. The average molecular weight is 230 g/mol. The molecule has 1 heterocycles. The molecule has 0 bridgehead atoms. The van der Waals surface area contributed by atoms with Gasteiger partial charge in [-0.2, -0.15) is 0 Å². The molecule has 0 fully saturated rings. The number of aliphatic hydroxyl groups excluding tert-OH is 1. The van der Waals surface area contributed by atoms with Gasteiger partial charge in [-0.25, -0.2) is 0 Å². The fraction of sp³-hybridized carbons (Fsp3) is 0.333. The van der Waals surface area contributed by atoms with Gasteiger partial charge in [0, 0.05) is 11.8 Å². The molecule has 0 saturated heterocycles. The van der Waals surface area contributed by atoms with E-state index in [2.05, 4.69) is 32.0 Å². The molecule has 2 aromatic rings. The molecule has 0 aliphatic heterocycles. The Morgan fingerprint density at radius 2 is 2.06 bits per heavy atom. The van der Waals surface area contributed by atoms with Gasteiger partial charge in [0.25, 0.3) is 0 Å². The largest absolute Gasteiger partial charge is 0.469 e. The van der Waals surface area contributed by atoms with Crippen molar-refractivity contribution in [3.63, 3.8) is 0 Å². The zero-order valence-electron chi connectivity index (χ0n) is 10.3. The molecule has 1 atom stereocenters. The molecule has 0 aliphatic carbocycles. The summed E-state index contributed by atoms with van der Waals surface area (Å²) in [5.41, 5.74) is 2.07. The zero-order valence-corrected chi connectivity index (χ0v) is 10.3. The van der Waals surface area contributed by atoms with E-state index in [1.54, 1.807) is 6.26 Å². The van der Waals surface area contributed by atoms with Gasteiger partial charge in [-0.05, 0) is 24.6 Å². The minimum Gasteiger partial charge on any atom is -0.469 e. The van der Waals surface area contributed by atoms with Crippen LogP contribution in [0.3, 0.4) is 0 Å². The van der Waals surface area contributed by atoms with Gasteiger partial charge in [-0.15, -0.1) is 0 Å². The molecule has 0 amide bonds. The Bertz CT molecular complexity index is 473. The number of furan rings is 1. The van der Waals surface area contributed by atoms with Gasteiger partial charge in [0.1, 0.15) is 5.76 Å². The molecule has 2 heteroatoms. The van der Waals surface area contributed by atoms with E-state index < -0.39 is 0 Å². The summed E-state index contributed by atoms with van der Waals surface area (Å²) in [5.74, 6) is 0.906. The molecule has 2 nitrogen and oxygen atoms in total. The van der Waals surface area contributed by atoms with Crippen LogP contribution in [0.15, 0.2) is 47.1 Å². The molecule has 0 saturated carbocycles. The maximum absolute atomic E-state index is 9.69. The van der Waals surface area contributed by atoms with Gasteiger partial charge in [0.2, 0.25) is 0 Å². The van der Waals surface area contributed by atoms with Crippen molar-refractivity contribution in [1.29, 1.82) is 0 Å². The number of hydrogen-bond donors (Lipinski definition) is 1. The van der Waals surface area contributed by atoms with Crippen LogP contribution < -0.4 is 0 Å². The van der Waals surface area contributed by atoms with Crippen molar-refractivity contribution in [3.05, 3.63) is 59.5 Å². The van der Waals surface area contributed by atoms with Crippen LogP contribution in [0.5, 0.6) is 0 Å². The number of benzene rings is 1. The molecule has 1 aromatic heterocycles. The van der Waals surface area contributed by atoms with Crippen LogP contribution in [-0.2, 0) is 11.8 Å². The summed E-state index contributed by atoms with van der Waals surface area (Å²) in [6.45, 7) is 4.23. The summed E-state index contributed by atoms with van der Waals surface area (Å²) in [6, 6.07) is 12.1. The van der Waals surface area contributed by atoms with Crippen LogP contribution in [0, 0.1) is 6.92 Å². The van der Waals surface area contributed by atoms with Crippen molar-refractivity contribution >= 4 is 0 Å².